The summed E-state index contributed by atoms with van der Waals surface area (Å²) < 4.78 is 6.83. The minimum Gasteiger partial charge on any atom is -0.385 e. The van der Waals surface area contributed by atoms with E-state index < -0.39 is 0 Å². The fourth-order valence-corrected chi connectivity index (χ4v) is 2.56. The number of rotatable bonds is 11. The summed E-state index contributed by atoms with van der Waals surface area (Å²) in [6.45, 7) is 7.17. The monoisotopic (exact) mass is 501 g/mol. The number of hydrogen-bond acceptors (Lipinski definition) is 5. The Morgan fingerprint density at radius 1 is 1.21 bits per heavy atom. The first-order chi connectivity index (χ1) is 13.2. The summed E-state index contributed by atoms with van der Waals surface area (Å²) >= 11 is 0. The highest BCUT2D eigenvalue weighted by Crippen LogP contribution is 2.08. The number of guanidine groups is 1. The summed E-state index contributed by atoms with van der Waals surface area (Å²) in [7, 11) is 3.86. The topological polar surface area (TPSA) is 79.6 Å². The highest BCUT2D eigenvalue weighted by molar-refractivity contribution is 14.0. The fourth-order valence-electron chi connectivity index (χ4n) is 2.56. The van der Waals surface area contributed by atoms with Crippen molar-refractivity contribution in [2.24, 2.45) is 4.99 Å². The van der Waals surface area contributed by atoms with Gasteiger partial charge >= 0.3 is 0 Å². The van der Waals surface area contributed by atoms with Gasteiger partial charge in [0.15, 0.2) is 5.96 Å². The van der Waals surface area contributed by atoms with E-state index >= 15 is 0 Å². The van der Waals surface area contributed by atoms with Crippen LogP contribution in [0.15, 0.2) is 41.9 Å². The third-order valence-corrected chi connectivity index (χ3v) is 4.06. The van der Waals surface area contributed by atoms with Crippen molar-refractivity contribution in [1.82, 2.24) is 30.3 Å². The number of aromatic nitrogens is 3. The number of methoxy groups -OCH3 is 1. The molecule has 1 heterocycles. The molecule has 0 spiro atoms. The first-order valence-corrected chi connectivity index (χ1v) is 9.36. The maximum atomic E-state index is 5.09. The Kier molecular flexibility index (Phi) is 12.4. The molecule has 0 saturated carbocycles. The van der Waals surface area contributed by atoms with Gasteiger partial charge in [0, 0.05) is 39.9 Å². The van der Waals surface area contributed by atoms with Crippen molar-refractivity contribution in [3.05, 3.63) is 42.5 Å². The quantitative estimate of drug-likeness (QED) is 0.212. The van der Waals surface area contributed by atoms with Gasteiger partial charge < -0.3 is 20.3 Å². The van der Waals surface area contributed by atoms with Gasteiger partial charge in [-0.05, 0) is 38.1 Å². The third kappa shape index (κ3) is 8.98. The molecule has 2 rings (SSSR count). The number of nitrogens with one attached hydrogen (secondary N) is 2. The number of hydrogen-bond donors (Lipinski definition) is 2. The van der Waals surface area contributed by atoms with E-state index in [0.717, 1.165) is 56.4 Å². The Hall–Kier alpha value is -1.72. The summed E-state index contributed by atoms with van der Waals surface area (Å²) in [4.78, 5) is 10.9. The van der Waals surface area contributed by atoms with Crippen LogP contribution in [0.2, 0.25) is 0 Å². The number of nitrogens with zero attached hydrogens (tertiary/aromatic N) is 5. The van der Waals surface area contributed by atoms with E-state index in [1.54, 1.807) is 18.1 Å². The second-order valence-electron chi connectivity index (χ2n) is 6.28. The Balaban J connectivity index is 0.00000392. The third-order valence-electron chi connectivity index (χ3n) is 4.06. The van der Waals surface area contributed by atoms with Crippen LogP contribution in [-0.4, -0.2) is 72.6 Å². The number of aliphatic imine (C=N–C) groups is 1. The van der Waals surface area contributed by atoms with Crippen molar-refractivity contribution < 1.29 is 4.74 Å². The van der Waals surface area contributed by atoms with Crippen LogP contribution < -0.4 is 10.6 Å². The molecular formula is C19H32IN7O. The van der Waals surface area contributed by atoms with E-state index in [1.165, 1.54) is 6.33 Å². The molecule has 0 radical (unpaired) electrons. The standard InChI is InChI=1S/C19H31N7O.HI/c1-4-21-19(22-10-12-25(2)11-5-13-27-3)23-14-17-6-8-18(9-7-17)26-16-20-15-24-26;/h6-9,15-16H,4-5,10-14H2,1-3H3,(H2,21,22,23);1H. The van der Waals surface area contributed by atoms with Crippen LogP contribution in [0.5, 0.6) is 0 Å². The molecule has 2 aromatic rings. The minimum atomic E-state index is 0. The molecule has 0 bridgehead atoms. The Morgan fingerprint density at radius 2 is 2.00 bits per heavy atom. The van der Waals surface area contributed by atoms with Gasteiger partial charge in [0.25, 0.3) is 0 Å². The number of likely N-dealkylation sites (N-methyl/N-ethyl adjacent to an activating group) is 1. The van der Waals surface area contributed by atoms with Crippen LogP contribution in [-0.2, 0) is 11.3 Å². The molecule has 8 nitrogen and oxygen atoms in total. The van der Waals surface area contributed by atoms with E-state index in [0.29, 0.717) is 6.54 Å². The average Bonchev–Trinajstić information content (AvgIpc) is 3.21. The van der Waals surface area contributed by atoms with Crippen LogP contribution in [0.3, 0.4) is 0 Å². The van der Waals surface area contributed by atoms with Crippen LogP contribution in [0.25, 0.3) is 5.69 Å². The van der Waals surface area contributed by atoms with Crippen molar-refractivity contribution in [3.8, 4) is 5.69 Å². The molecule has 1 aromatic heterocycles. The van der Waals surface area contributed by atoms with E-state index in [4.69, 9.17) is 4.74 Å². The lowest BCUT2D eigenvalue weighted by atomic mass is 10.2. The maximum absolute atomic E-state index is 5.09. The normalized spacial score (nSPS) is 11.4. The molecule has 9 heteroatoms. The molecule has 28 heavy (non-hydrogen) atoms. The van der Waals surface area contributed by atoms with E-state index in [9.17, 15) is 0 Å². The van der Waals surface area contributed by atoms with Gasteiger partial charge in [-0.1, -0.05) is 12.1 Å². The minimum absolute atomic E-state index is 0. The van der Waals surface area contributed by atoms with Gasteiger partial charge in [0.1, 0.15) is 12.7 Å². The van der Waals surface area contributed by atoms with Gasteiger partial charge in [0.05, 0.1) is 12.2 Å². The summed E-state index contributed by atoms with van der Waals surface area (Å²) in [6.07, 6.45) is 4.26. The molecule has 0 fully saturated rings. The lowest BCUT2D eigenvalue weighted by Crippen LogP contribution is -2.41. The van der Waals surface area contributed by atoms with E-state index in [-0.39, 0.29) is 24.0 Å². The summed E-state index contributed by atoms with van der Waals surface area (Å²) in [5, 5.41) is 10.8. The van der Waals surface area contributed by atoms with E-state index in [1.807, 2.05) is 12.1 Å². The van der Waals surface area contributed by atoms with Gasteiger partial charge in [-0.3, -0.25) is 0 Å². The Labute approximate surface area is 184 Å². The first-order valence-electron chi connectivity index (χ1n) is 9.36. The SMILES string of the molecule is CCNC(=NCc1ccc(-n2cncn2)cc1)NCCN(C)CCCOC.I. The van der Waals surface area contributed by atoms with Crippen molar-refractivity contribution in [2.75, 3.05) is 46.9 Å². The molecule has 0 amide bonds. The van der Waals surface area contributed by atoms with Crippen LogP contribution in [0.4, 0.5) is 0 Å². The molecule has 2 N–H and O–H groups in total. The van der Waals surface area contributed by atoms with Crippen LogP contribution in [0.1, 0.15) is 18.9 Å². The molecule has 0 atom stereocenters. The van der Waals surface area contributed by atoms with Crippen molar-refractivity contribution >= 4 is 29.9 Å². The Morgan fingerprint density at radius 3 is 2.64 bits per heavy atom. The zero-order chi connectivity index (χ0) is 19.3. The molecule has 0 unspecified atom stereocenters. The molecular weight excluding hydrogens is 469 g/mol. The largest absolute Gasteiger partial charge is 0.385 e. The molecule has 156 valence electrons. The zero-order valence-corrected chi connectivity index (χ0v) is 19.3. The second-order valence-corrected chi connectivity index (χ2v) is 6.28. The predicted molar refractivity (Wildman–Crippen MR) is 124 cm³/mol. The predicted octanol–water partition coefficient (Wildman–Crippen LogP) is 1.91. The van der Waals surface area contributed by atoms with Crippen LogP contribution in [0, 0.1) is 0 Å². The van der Waals surface area contributed by atoms with Gasteiger partial charge in [-0.2, -0.15) is 5.10 Å². The fraction of sp³-hybridized carbons (Fsp3) is 0.526. The number of halogens is 1. The van der Waals surface area contributed by atoms with Gasteiger partial charge in [0.2, 0.25) is 0 Å². The smallest absolute Gasteiger partial charge is 0.191 e. The summed E-state index contributed by atoms with van der Waals surface area (Å²) in [5.41, 5.74) is 2.13. The lowest BCUT2D eigenvalue weighted by molar-refractivity contribution is 0.180. The molecule has 0 aliphatic rings. The maximum Gasteiger partial charge on any atom is 0.191 e. The molecule has 0 aliphatic heterocycles. The van der Waals surface area contributed by atoms with Crippen molar-refractivity contribution in [1.29, 1.82) is 0 Å². The summed E-state index contributed by atoms with van der Waals surface area (Å²) in [5.74, 6) is 0.836. The van der Waals surface area contributed by atoms with Crippen LogP contribution >= 0.6 is 24.0 Å². The molecule has 0 aliphatic carbocycles. The number of benzene rings is 1. The highest BCUT2D eigenvalue weighted by Gasteiger charge is 2.01. The van der Waals surface area contributed by atoms with Gasteiger partial charge in [-0.15, -0.1) is 24.0 Å². The van der Waals surface area contributed by atoms with Crippen molar-refractivity contribution in [3.63, 3.8) is 0 Å². The van der Waals surface area contributed by atoms with Crippen molar-refractivity contribution in [2.45, 2.75) is 19.9 Å². The average molecular weight is 501 g/mol. The highest BCUT2D eigenvalue weighted by atomic mass is 127. The van der Waals surface area contributed by atoms with Gasteiger partial charge in [-0.25, -0.2) is 14.7 Å². The summed E-state index contributed by atoms with van der Waals surface area (Å²) in [6, 6.07) is 8.17. The second kappa shape index (κ2) is 14.3. The molecule has 0 saturated heterocycles. The lowest BCUT2D eigenvalue weighted by Gasteiger charge is -2.18. The Bertz CT molecular complexity index is 661. The first kappa shape index (κ1) is 24.3. The van der Waals surface area contributed by atoms with E-state index in [2.05, 4.69) is 56.7 Å². The molecule has 1 aromatic carbocycles. The zero-order valence-electron chi connectivity index (χ0n) is 17.0. The number of ether oxygens (including phenoxy) is 1.